The Balaban J connectivity index is 1.89. The molecule has 0 heterocycles. The second-order valence-electron chi connectivity index (χ2n) is 6.78. The summed E-state index contributed by atoms with van der Waals surface area (Å²) in [5.41, 5.74) is 1.61. The highest BCUT2D eigenvalue weighted by Crippen LogP contribution is 2.47. The Morgan fingerprint density at radius 3 is 1.62 bits per heavy atom. The third-order valence-corrected chi connectivity index (χ3v) is 6.20. The van der Waals surface area contributed by atoms with Crippen LogP contribution < -0.4 is 5.32 Å². The van der Waals surface area contributed by atoms with Crippen LogP contribution in [0.1, 0.15) is 11.1 Å². The average Bonchev–Trinajstić information content (AvgIpc) is 2.77. The first-order chi connectivity index (χ1) is 15.3. The van der Waals surface area contributed by atoms with E-state index in [0.717, 1.165) is 11.1 Å². The minimum atomic E-state index is -3.47. The van der Waals surface area contributed by atoms with Gasteiger partial charge >= 0.3 is 7.60 Å². The number of hydrogen-bond donors (Lipinski definition) is 1. The summed E-state index contributed by atoms with van der Waals surface area (Å²) >= 11 is 0. The van der Waals surface area contributed by atoms with Crippen molar-refractivity contribution in [2.45, 2.75) is 12.8 Å². The van der Waals surface area contributed by atoms with E-state index in [1.807, 2.05) is 0 Å². The van der Waals surface area contributed by atoms with Crippen molar-refractivity contribution in [2.24, 2.45) is 0 Å². The van der Waals surface area contributed by atoms with Gasteiger partial charge in [0.25, 0.3) is 11.4 Å². The topological polar surface area (TPSA) is 143 Å². The molecule has 0 unspecified atom stereocenters. The van der Waals surface area contributed by atoms with Gasteiger partial charge in [-0.1, -0.05) is 24.3 Å². The lowest BCUT2D eigenvalue weighted by Gasteiger charge is -2.19. The third-order valence-electron chi connectivity index (χ3n) is 4.44. The molecule has 0 atom stereocenters. The number of benzene rings is 2. The number of ether oxygens (including phenoxy) is 1. The smallest absolute Gasteiger partial charge is 0.344 e. The molecule has 174 valence electrons. The summed E-state index contributed by atoms with van der Waals surface area (Å²) in [5, 5.41) is 24.4. The second kappa shape index (κ2) is 13.0. The molecule has 1 N–H and O–H groups in total. The molecule has 0 bridgehead atoms. The van der Waals surface area contributed by atoms with Crippen molar-refractivity contribution in [3.63, 3.8) is 0 Å². The van der Waals surface area contributed by atoms with Crippen LogP contribution in [0, 0.1) is 20.2 Å². The highest BCUT2D eigenvalue weighted by atomic mass is 31.2. The van der Waals surface area contributed by atoms with Crippen LogP contribution in [-0.4, -0.2) is 49.6 Å². The van der Waals surface area contributed by atoms with Gasteiger partial charge in [-0.3, -0.25) is 24.8 Å². The zero-order valence-corrected chi connectivity index (χ0v) is 18.6. The van der Waals surface area contributed by atoms with Crippen molar-refractivity contribution in [2.75, 3.05) is 39.8 Å². The van der Waals surface area contributed by atoms with Gasteiger partial charge < -0.3 is 19.1 Å². The van der Waals surface area contributed by atoms with Gasteiger partial charge in [0, 0.05) is 37.9 Å². The number of nitro benzene ring substituents is 2. The predicted octanol–water partition coefficient (Wildman–Crippen LogP) is 3.71. The maximum atomic E-state index is 13.1. The van der Waals surface area contributed by atoms with Crippen LogP contribution in [0.15, 0.2) is 48.5 Å². The molecule has 0 aromatic heterocycles. The zero-order valence-electron chi connectivity index (χ0n) is 17.7. The van der Waals surface area contributed by atoms with E-state index in [4.69, 9.17) is 13.8 Å². The molecule has 0 saturated heterocycles. The highest BCUT2D eigenvalue weighted by Gasteiger charge is 2.24. The Hall–Kier alpha value is -2.69. The molecule has 0 aliphatic heterocycles. The van der Waals surface area contributed by atoms with E-state index in [9.17, 15) is 24.8 Å². The summed E-state index contributed by atoms with van der Waals surface area (Å²) in [6.07, 6.45) is 0.814. The van der Waals surface area contributed by atoms with E-state index in [-0.39, 0.29) is 30.9 Å². The van der Waals surface area contributed by atoms with Gasteiger partial charge in [0.15, 0.2) is 0 Å². The van der Waals surface area contributed by atoms with Crippen LogP contribution in [-0.2, 0) is 31.2 Å². The minimum Gasteiger partial charge on any atom is -0.383 e. The zero-order chi connectivity index (χ0) is 23.4. The number of hydrogen-bond acceptors (Lipinski definition) is 9. The number of methoxy groups -OCH3 is 1. The molecule has 0 aliphatic carbocycles. The molecule has 0 radical (unpaired) electrons. The fourth-order valence-corrected chi connectivity index (χ4v) is 4.12. The third kappa shape index (κ3) is 8.81. The summed E-state index contributed by atoms with van der Waals surface area (Å²) in [4.78, 5) is 20.5. The first-order valence-electron chi connectivity index (χ1n) is 9.87. The molecule has 11 nitrogen and oxygen atoms in total. The van der Waals surface area contributed by atoms with E-state index < -0.39 is 17.4 Å². The monoisotopic (exact) mass is 467 g/mol. The summed E-state index contributed by atoms with van der Waals surface area (Å²) in [5.74, 6) is 0. The molecule has 12 heteroatoms. The van der Waals surface area contributed by atoms with E-state index in [2.05, 4.69) is 5.32 Å². The quantitative estimate of drug-likeness (QED) is 0.179. The van der Waals surface area contributed by atoms with Gasteiger partial charge in [0.05, 0.1) is 36.0 Å². The fraction of sp³-hybridized carbons (Fsp3) is 0.400. The molecule has 2 rings (SSSR count). The molecule has 32 heavy (non-hydrogen) atoms. The van der Waals surface area contributed by atoms with E-state index in [0.29, 0.717) is 26.0 Å². The largest absolute Gasteiger partial charge is 0.383 e. The molecule has 2 aromatic rings. The standard InChI is InChI=1S/C20H26N3O8P/c1-29-15-12-21-16-32(28,30-13-10-17-2-6-19(7-3-17)22(24)25)31-14-11-18-4-8-20(9-5-18)23(26)27/h2-9,21H,10-16H2,1H3. The lowest BCUT2D eigenvalue weighted by molar-refractivity contribution is -0.385. The summed E-state index contributed by atoms with van der Waals surface area (Å²) < 4.78 is 29.2. The first-order valence-corrected chi connectivity index (χ1v) is 11.6. The van der Waals surface area contributed by atoms with Gasteiger partial charge in [-0.15, -0.1) is 0 Å². The molecule has 0 amide bonds. The Morgan fingerprint density at radius 2 is 1.25 bits per heavy atom. The second-order valence-corrected chi connectivity index (χ2v) is 8.83. The molecule has 0 saturated carbocycles. The molecular weight excluding hydrogens is 441 g/mol. The number of nitrogens with one attached hydrogen (secondary N) is 1. The van der Waals surface area contributed by atoms with Crippen LogP contribution in [0.2, 0.25) is 0 Å². The van der Waals surface area contributed by atoms with E-state index in [1.54, 1.807) is 31.4 Å². The molecule has 2 aromatic carbocycles. The van der Waals surface area contributed by atoms with Crippen LogP contribution in [0.5, 0.6) is 0 Å². The molecule has 0 aliphatic rings. The number of rotatable bonds is 15. The van der Waals surface area contributed by atoms with Gasteiger partial charge in [0.2, 0.25) is 0 Å². The maximum Gasteiger partial charge on any atom is 0.344 e. The van der Waals surface area contributed by atoms with Gasteiger partial charge in [-0.2, -0.15) is 0 Å². The average molecular weight is 467 g/mol. The Labute approximate surface area is 185 Å². The van der Waals surface area contributed by atoms with Gasteiger partial charge in [-0.05, 0) is 24.0 Å². The minimum absolute atomic E-state index is 0.00254. The Bertz CT molecular complexity index is 854. The Kier molecular flexibility index (Phi) is 10.4. The lowest BCUT2D eigenvalue weighted by Crippen LogP contribution is -2.22. The normalized spacial score (nSPS) is 11.4. The summed E-state index contributed by atoms with van der Waals surface area (Å²) in [6, 6.07) is 12.1. The summed E-state index contributed by atoms with van der Waals surface area (Å²) in [7, 11) is -1.91. The van der Waals surface area contributed by atoms with Gasteiger partial charge in [0.1, 0.15) is 0 Å². The van der Waals surface area contributed by atoms with E-state index >= 15 is 0 Å². The van der Waals surface area contributed by atoms with Crippen LogP contribution >= 0.6 is 7.60 Å². The molecular formula is C20H26N3O8P. The number of non-ortho nitro benzene ring substituents is 2. The van der Waals surface area contributed by atoms with Crippen LogP contribution in [0.4, 0.5) is 11.4 Å². The summed E-state index contributed by atoms with van der Waals surface area (Å²) in [6.45, 7) is 1.13. The number of nitro groups is 2. The Morgan fingerprint density at radius 1 is 0.812 bits per heavy atom. The van der Waals surface area contributed by atoms with Crippen molar-refractivity contribution >= 4 is 19.0 Å². The van der Waals surface area contributed by atoms with Gasteiger partial charge in [-0.25, -0.2) is 0 Å². The van der Waals surface area contributed by atoms with E-state index in [1.165, 1.54) is 24.3 Å². The predicted molar refractivity (Wildman–Crippen MR) is 118 cm³/mol. The molecule has 0 fully saturated rings. The maximum absolute atomic E-state index is 13.1. The van der Waals surface area contributed by atoms with Crippen LogP contribution in [0.25, 0.3) is 0 Å². The SMILES string of the molecule is COCCNCP(=O)(OCCc1ccc([N+](=O)[O-])cc1)OCCc1ccc([N+](=O)[O-])cc1. The lowest BCUT2D eigenvalue weighted by atomic mass is 10.1. The van der Waals surface area contributed by atoms with Crippen molar-refractivity contribution in [1.82, 2.24) is 5.32 Å². The van der Waals surface area contributed by atoms with Crippen molar-refractivity contribution in [3.05, 3.63) is 79.9 Å². The van der Waals surface area contributed by atoms with Crippen LogP contribution in [0.3, 0.4) is 0 Å². The molecule has 0 spiro atoms. The highest BCUT2D eigenvalue weighted by molar-refractivity contribution is 7.53. The first kappa shape index (κ1) is 25.6. The number of nitrogens with zero attached hydrogens (tertiary/aromatic N) is 2. The van der Waals surface area contributed by atoms with Crippen molar-refractivity contribution in [3.8, 4) is 0 Å². The fourth-order valence-electron chi connectivity index (χ4n) is 2.69. The van der Waals surface area contributed by atoms with Crippen molar-refractivity contribution < 1.29 is 28.2 Å². The van der Waals surface area contributed by atoms with Crippen molar-refractivity contribution in [1.29, 1.82) is 0 Å².